The van der Waals surface area contributed by atoms with E-state index in [0.29, 0.717) is 6.42 Å². The van der Waals surface area contributed by atoms with Crippen molar-refractivity contribution in [3.63, 3.8) is 0 Å². The molecule has 2 N–H and O–H groups in total. The van der Waals surface area contributed by atoms with Gasteiger partial charge in [-0.15, -0.1) is 0 Å². The van der Waals surface area contributed by atoms with Crippen LogP contribution in [0.3, 0.4) is 0 Å². The largest absolute Gasteiger partial charge is 0.386 e. The van der Waals surface area contributed by atoms with E-state index in [-0.39, 0.29) is 12.0 Å². The Bertz CT molecular complexity index is 452. The number of ether oxygens (including phenoxy) is 1. The molecule has 4 nitrogen and oxygen atoms in total. The second kappa shape index (κ2) is 4.13. The van der Waals surface area contributed by atoms with Crippen molar-refractivity contribution in [2.75, 3.05) is 11.9 Å². The molecule has 0 spiro atoms. The lowest BCUT2D eigenvalue weighted by Crippen LogP contribution is -2.17. The smallest absolute Gasteiger partial charge is 0.228 e. The van der Waals surface area contributed by atoms with Crippen LogP contribution < -0.4 is 5.32 Å². The number of hydrogen-bond acceptors (Lipinski definition) is 3. The molecule has 2 heterocycles. The standard InChI is InChI=1S/C13H15NO3/c15-12-7-9-6-8(3-4-10(9)14-12)13(16)11-2-1-5-17-11/h3-4,6,11,13,16H,1-2,5,7H2,(H,14,15). The minimum atomic E-state index is -0.585. The Kier molecular flexibility index (Phi) is 2.61. The lowest BCUT2D eigenvalue weighted by atomic mass is 9.99. The molecule has 2 aliphatic heterocycles. The van der Waals surface area contributed by atoms with Gasteiger partial charge in [0.1, 0.15) is 6.10 Å². The molecule has 1 aromatic carbocycles. The highest BCUT2D eigenvalue weighted by molar-refractivity contribution is 5.99. The SMILES string of the molecule is O=C1Cc2cc(C(O)C3CCCO3)ccc2N1. The van der Waals surface area contributed by atoms with Gasteiger partial charge in [0.05, 0.1) is 12.5 Å². The normalized spacial score (nSPS) is 24.5. The van der Waals surface area contributed by atoms with E-state index in [1.54, 1.807) is 0 Å². The number of hydrogen-bond donors (Lipinski definition) is 2. The third kappa shape index (κ3) is 1.94. The summed E-state index contributed by atoms with van der Waals surface area (Å²) >= 11 is 0. The zero-order chi connectivity index (χ0) is 11.8. The summed E-state index contributed by atoms with van der Waals surface area (Å²) in [5.41, 5.74) is 2.66. The van der Waals surface area contributed by atoms with Gasteiger partial charge in [0.15, 0.2) is 0 Å². The topological polar surface area (TPSA) is 58.6 Å². The number of fused-ring (bicyclic) bond motifs is 1. The molecule has 1 fully saturated rings. The average molecular weight is 233 g/mol. The van der Waals surface area contributed by atoms with Gasteiger partial charge in [-0.25, -0.2) is 0 Å². The molecule has 2 aliphatic rings. The van der Waals surface area contributed by atoms with Crippen LogP contribution in [0.4, 0.5) is 5.69 Å². The van der Waals surface area contributed by atoms with E-state index in [9.17, 15) is 9.90 Å². The third-order valence-corrected chi connectivity index (χ3v) is 3.41. The lowest BCUT2D eigenvalue weighted by Gasteiger charge is -2.18. The van der Waals surface area contributed by atoms with Crippen LogP contribution in [0.25, 0.3) is 0 Å². The van der Waals surface area contributed by atoms with Crippen molar-refractivity contribution < 1.29 is 14.6 Å². The zero-order valence-electron chi connectivity index (χ0n) is 9.48. The van der Waals surface area contributed by atoms with Gasteiger partial charge in [-0.05, 0) is 30.0 Å². The summed E-state index contributed by atoms with van der Waals surface area (Å²) in [6, 6.07) is 5.62. The van der Waals surface area contributed by atoms with Gasteiger partial charge in [-0.3, -0.25) is 4.79 Å². The molecule has 0 saturated carbocycles. The summed E-state index contributed by atoms with van der Waals surface area (Å²) in [6.07, 6.45) is 1.63. The monoisotopic (exact) mass is 233 g/mol. The first-order valence-electron chi connectivity index (χ1n) is 5.96. The van der Waals surface area contributed by atoms with Crippen molar-refractivity contribution in [3.05, 3.63) is 29.3 Å². The number of carbonyl (C=O) groups is 1. The number of rotatable bonds is 2. The summed E-state index contributed by atoms with van der Waals surface area (Å²) in [6.45, 7) is 0.729. The molecule has 1 saturated heterocycles. The maximum Gasteiger partial charge on any atom is 0.228 e. The van der Waals surface area contributed by atoms with Crippen molar-refractivity contribution in [1.82, 2.24) is 0 Å². The first-order valence-corrected chi connectivity index (χ1v) is 5.96. The number of carbonyl (C=O) groups excluding carboxylic acids is 1. The minimum Gasteiger partial charge on any atom is -0.386 e. The van der Waals surface area contributed by atoms with Crippen LogP contribution >= 0.6 is 0 Å². The van der Waals surface area contributed by atoms with Gasteiger partial charge in [-0.2, -0.15) is 0 Å². The average Bonchev–Trinajstić information content (AvgIpc) is 2.94. The van der Waals surface area contributed by atoms with Gasteiger partial charge in [0, 0.05) is 12.3 Å². The maximum absolute atomic E-state index is 11.2. The Balaban J connectivity index is 1.84. The Morgan fingerprint density at radius 2 is 2.35 bits per heavy atom. The number of benzene rings is 1. The van der Waals surface area contributed by atoms with Gasteiger partial charge >= 0.3 is 0 Å². The van der Waals surface area contributed by atoms with E-state index in [0.717, 1.165) is 36.3 Å². The van der Waals surface area contributed by atoms with Crippen LogP contribution in [0.2, 0.25) is 0 Å². The maximum atomic E-state index is 11.2. The molecule has 0 bridgehead atoms. The van der Waals surface area contributed by atoms with E-state index in [1.807, 2.05) is 18.2 Å². The number of aliphatic hydroxyl groups excluding tert-OH is 1. The van der Waals surface area contributed by atoms with Crippen LogP contribution in [0.1, 0.15) is 30.1 Å². The number of nitrogens with one attached hydrogen (secondary N) is 1. The summed E-state index contributed by atoms with van der Waals surface area (Å²) < 4.78 is 5.48. The molecule has 2 unspecified atom stereocenters. The molecule has 0 aromatic heterocycles. The highest BCUT2D eigenvalue weighted by atomic mass is 16.5. The predicted molar refractivity (Wildman–Crippen MR) is 62.7 cm³/mol. The molecule has 1 aromatic rings. The molecular weight excluding hydrogens is 218 g/mol. The van der Waals surface area contributed by atoms with E-state index >= 15 is 0 Å². The molecule has 0 radical (unpaired) electrons. The van der Waals surface area contributed by atoms with Crippen LogP contribution in [-0.4, -0.2) is 23.7 Å². The van der Waals surface area contributed by atoms with E-state index in [1.165, 1.54) is 0 Å². The lowest BCUT2D eigenvalue weighted by molar-refractivity contribution is -0.115. The van der Waals surface area contributed by atoms with Gasteiger partial charge in [0.25, 0.3) is 0 Å². The summed E-state index contributed by atoms with van der Waals surface area (Å²) in [4.78, 5) is 11.2. The van der Waals surface area contributed by atoms with Crippen molar-refractivity contribution >= 4 is 11.6 Å². The van der Waals surface area contributed by atoms with E-state index < -0.39 is 6.10 Å². The van der Waals surface area contributed by atoms with E-state index in [2.05, 4.69) is 5.32 Å². The number of amides is 1. The molecular formula is C13H15NO3. The van der Waals surface area contributed by atoms with Crippen molar-refractivity contribution in [3.8, 4) is 0 Å². The quantitative estimate of drug-likeness (QED) is 0.811. The molecule has 0 aliphatic carbocycles. The Hall–Kier alpha value is -1.39. The minimum absolute atomic E-state index is 0.0174. The highest BCUT2D eigenvalue weighted by Crippen LogP contribution is 2.31. The van der Waals surface area contributed by atoms with Crippen molar-refractivity contribution in [1.29, 1.82) is 0 Å². The Labute approximate surface area is 99.6 Å². The van der Waals surface area contributed by atoms with Crippen molar-refractivity contribution in [2.45, 2.75) is 31.5 Å². The van der Waals surface area contributed by atoms with Crippen LogP contribution in [0.5, 0.6) is 0 Å². The molecule has 17 heavy (non-hydrogen) atoms. The van der Waals surface area contributed by atoms with Crippen molar-refractivity contribution in [2.24, 2.45) is 0 Å². The fourth-order valence-electron chi connectivity index (χ4n) is 2.50. The third-order valence-electron chi connectivity index (χ3n) is 3.41. The molecule has 90 valence electrons. The zero-order valence-corrected chi connectivity index (χ0v) is 9.48. The summed E-state index contributed by atoms with van der Waals surface area (Å²) in [5, 5.41) is 13.0. The van der Waals surface area contributed by atoms with Crippen LogP contribution in [0.15, 0.2) is 18.2 Å². The van der Waals surface area contributed by atoms with E-state index in [4.69, 9.17) is 4.74 Å². The fraction of sp³-hybridized carbons (Fsp3) is 0.462. The highest BCUT2D eigenvalue weighted by Gasteiger charge is 2.27. The fourth-order valence-corrected chi connectivity index (χ4v) is 2.50. The second-order valence-corrected chi connectivity index (χ2v) is 4.64. The first kappa shape index (κ1) is 10.7. The molecule has 1 amide bonds. The first-order chi connectivity index (χ1) is 8.24. The number of anilines is 1. The summed E-state index contributed by atoms with van der Waals surface area (Å²) in [5.74, 6) is 0.0174. The molecule has 4 heteroatoms. The van der Waals surface area contributed by atoms with Crippen LogP contribution in [0, 0.1) is 0 Å². The Morgan fingerprint density at radius 3 is 3.12 bits per heavy atom. The molecule has 3 rings (SSSR count). The second-order valence-electron chi connectivity index (χ2n) is 4.64. The predicted octanol–water partition coefficient (Wildman–Crippen LogP) is 1.39. The summed E-state index contributed by atoms with van der Waals surface area (Å²) in [7, 11) is 0. The van der Waals surface area contributed by atoms with Gasteiger partial charge < -0.3 is 15.2 Å². The molecule has 2 atom stereocenters. The van der Waals surface area contributed by atoms with Gasteiger partial charge in [-0.1, -0.05) is 12.1 Å². The van der Waals surface area contributed by atoms with Gasteiger partial charge in [0.2, 0.25) is 5.91 Å². The number of aliphatic hydroxyl groups is 1. The van der Waals surface area contributed by atoms with Crippen LogP contribution in [-0.2, 0) is 16.0 Å². The Morgan fingerprint density at radius 1 is 1.47 bits per heavy atom.